The monoisotopic (exact) mass is 457 g/mol. The van der Waals surface area contributed by atoms with E-state index in [1.54, 1.807) is 0 Å². The highest BCUT2D eigenvalue weighted by atomic mass is 32.1. The number of carbonyl (C=O) groups is 2. The van der Waals surface area contributed by atoms with E-state index in [0.717, 1.165) is 32.5 Å². The average molecular weight is 458 g/mol. The predicted molar refractivity (Wildman–Crippen MR) is 129 cm³/mol. The van der Waals surface area contributed by atoms with Gasteiger partial charge in [-0.15, -0.1) is 0 Å². The first-order valence-corrected chi connectivity index (χ1v) is 11.6. The number of ether oxygens (including phenoxy) is 1. The van der Waals surface area contributed by atoms with Crippen molar-refractivity contribution in [3.05, 3.63) is 95.1 Å². The van der Waals surface area contributed by atoms with Gasteiger partial charge in [-0.05, 0) is 41.3 Å². The Morgan fingerprint density at radius 2 is 1.82 bits per heavy atom. The molecule has 0 radical (unpaired) electrons. The Hall–Kier alpha value is -3.71. The number of hydrogen-bond acceptors (Lipinski definition) is 5. The molecular weight excluding hydrogens is 434 g/mol. The van der Waals surface area contributed by atoms with Gasteiger partial charge in [-0.1, -0.05) is 72.0 Å². The SMILES string of the molecule is Cc1ccc2nc(NC(=O)[C@@H]3Cc4ccccc4CN3C(=O)OCc3ccccc3)sc2c1. The number of nitrogens with one attached hydrogen (secondary N) is 1. The molecule has 2 heterocycles. The zero-order valence-electron chi connectivity index (χ0n) is 18.2. The number of amides is 2. The summed E-state index contributed by atoms with van der Waals surface area (Å²) in [7, 11) is 0. The Balaban J connectivity index is 1.37. The molecule has 4 aromatic rings. The number of hydrogen-bond donors (Lipinski definition) is 1. The van der Waals surface area contributed by atoms with Crippen LogP contribution in [0.15, 0.2) is 72.8 Å². The van der Waals surface area contributed by atoms with Gasteiger partial charge in [-0.25, -0.2) is 9.78 Å². The van der Waals surface area contributed by atoms with Crippen molar-refractivity contribution in [3.63, 3.8) is 0 Å². The highest BCUT2D eigenvalue weighted by Gasteiger charge is 2.36. The lowest BCUT2D eigenvalue weighted by Crippen LogP contribution is -2.50. The molecule has 7 heteroatoms. The van der Waals surface area contributed by atoms with Crippen molar-refractivity contribution in [3.8, 4) is 0 Å². The van der Waals surface area contributed by atoms with E-state index >= 15 is 0 Å². The van der Waals surface area contributed by atoms with Crippen molar-refractivity contribution >= 4 is 38.7 Å². The first-order chi connectivity index (χ1) is 16.1. The summed E-state index contributed by atoms with van der Waals surface area (Å²) in [6.45, 7) is 2.50. The Morgan fingerprint density at radius 1 is 1.06 bits per heavy atom. The normalized spacial score (nSPS) is 15.2. The summed E-state index contributed by atoms with van der Waals surface area (Å²) in [4.78, 5) is 32.4. The molecule has 0 saturated carbocycles. The number of aryl methyl sites for hydroxylation is 1. The fourth-order valence-electron chi connectivity index (χ4n) is 4.03. The minimum Gasteiger partial charge on any atom is -0.445 e. The Morgan fingerprint density at radius 3 is 2.64 bits per heavy atom. The molecule has 0 unspecified atom stereocenters. The van der Waals surface area contributed by atoms with E-state index in [1.807, 2.05) is 79.7 Å². The number of fused-ring (bicyclic) bond motifs is 2. The summed E-state index contributed by atoms with van der Waals surface area (Å²) < 4.78 is 6.58. The van der Waals surface area contributed by atoms with Crippen LogP contribution in [-0.4, -0.2) is 27.9 Å². The number of nitrogens with zero attached hydrogens (tertiary/aromatic N) is 2. The summed E-state index contributed by atoms with van der Waals surface area (Å²) >= 11 is 1.43. The molecule has 1 atom stereocenters. The Bertz CT molecular complexity index is 1320. The van der Waals surface area contributed by atoms with Crippen LogP contribution in [0.2, 0.25) is 0 Å². The number of rotatable bonds is 4. The molecule has 5 rings (SSSR count). The van der Waals surface area contributed by atoms with Crippen molar-refractivity contribution in [1.29, 1.82) is 0 Å². The number of thiazole rings is 1. The number of benzene rings is 3. The van der Waals surface area contributed by atoms with E-state index in [9.17, 15) is 9.59 Å². The molecule has 0 spiro atoms. The average Bonchev–Trinajstić information content (AvgIpc) is 3.23. The van der Waals surface area contributed by atoms with E-state index in [2.05, 4.69) is 10.3 Å². The van der Waals surface area contributed by atoms with E-state index in [4.69, 9.17) is 4.74 Å². The summed E-state index contributed by atoms with van der Waals surface area (Å²) in [6.07, 6.45) is -0.0830. The van der Waals surface area contributed by atoms with Crippen LogP contribution in [0.5, 0.6) is 0 Å². The van der Waals surface area contributed by atoms with Crippen LogP contribution < -0.4 is 5.32 Å². The quantitative estimate of drug-likeness (QED) is 0.451. The topological polar surface area (TPSA) is 71.5 Å². The number of anilines is 1. The highest BCUT2D eigenvalue weighted by Crippen LogP contribution is 2.29. The molecule has 33 heavy (non-hydrogen) atoms. The molecule has 0 saturated heterocycles. The second kappa shape index (κ2) is 9.03. The van der Waals surface area contributed by atoms with Gasteiger partial charge in [0.25, 0.3) is 0 Å². The van der Waals surface area contributed by atoms with Crippen LogP contribution in [0.4, 0.5) is 9.93 Å². The van der Waals surface area contributed by atoms with Crippen molar-refractivity contribution in [1.82, 2.24) is 9.88 Å². The third-order valence-corrected chi connectivity index (χ3v) is 6.70. The van der Waals surface area contributed by atoms with Crippen molar-refractivity contribution < 1.29 is 14.3 Å². The first kappa shape index (κ1) is 21.2. The molecule has 166 valence electrons. The molecule has 6 nitrogen and oxygen atoms in total. The van der Waals surface area contributed by atoms with Gasteiger partial charge < -0.3 is 10.1 Å². The van der Waals surface area contributed by atoms with Crippen LogP contribution in [0.3, 0.4) is 0 Å². The van der Waals surface area contributed by atoms with Gasteiger partial charge in [0.2, 0.25) is 5.91 Å². The Kier molecular flexibility index (Phi) is 5.79. The molecule has 3 aromatic carbocycles. The van der Waals surface area contributed by atoms with Gasteiger partial charge >= 0.3 is 6.09 Å². The molecular formula is C26H23N3O3S. The minimum atomic E-state index is -0.683. The van der Waals surface area contributed by atoms with Crippen LogP contribution >= 0.6 is 11.3 Å². The maximum Gasteiger partial charge on any atom is 0.411 e. The first-order valence-electron chi connectivity index (χ1n) is 10.8. The molecule has 0 fully saturated rings. The standard InChI is InChI=1S/C26H23N3O3S/c1-17-11-12-21-23(13-17)33-25(27-21)28-24(30)22-14-19-9-5-6-10-20(19)15-29(22)26(31)32-16-18-7-3-2-4-8-18/h2-13,22H,14-16H2,1H3,(H,27,28,30)/t22-/m0/s1. The molecule has 1 N–H and O–H groups in total. The zero-order valence-corrected chi connectivity index (χ0v) is 19.0. The van der Waals surface area contributed by atoms with Gasteiger partial charge in [0, 0.05) is 6.42 Å². The Labute approximate surface area is 195 Å². The highest BCUT2D eigenvalue weighted by molar-refractivity contribution is 7.22. The van der Waals surface area contributed by atoms with Crippen LogP contribution in [0, 0.1) is 6.92 Å². The molecule has 1 aliphatic heterocycles. The minimum absolute atomic E-state index is 0.156. The van der Waals surface area contributed by atoms with Gasteiger partial charge in [-0.2, -0.15) is 0 Å². The van der Waals surface area contributed by atoms with Gasteiger partial charge in [0.1, 0.15) is 12.6 Å². The lowest BCUT2D eigenvalue weighted by Gasteiger charge is -2.35. The second-order valence-electron chi connectivity index (χ2n) is 8.14. The third kappa shape index (κ3) is 4.59. The smallest absolute Gasteiger partial charge is 0.411 e. The van der Waals surface area contributed by atoms with E-state index in [1.165, 1.54) is 16.2 Å². The maximum absolute atomic E-state index is 13.3. The number of carbonyl (C=O) groups excluding carboxylic acids is 2. The molecule has 1 aromatic heterocycles. The summed E-state index contributed by atoms with van der Waals surface area (Å²) in [6, 6.07) is 22.7. The van der Waals surface area contributed by atoms with Crippen LogP contribution in [-0.2, 0) is 29.1 Å². The van der Waals surface area contributed by atoms with Crippen molar-refractivity contribution in [2.24, 2.45) is 0 Å². The van der Waals surface area contributed by atoms with Crippen LogP contribution in [0.25, 0.3) is 10.2 Å². The molecule has 2 amide bonds. The second-order valence-corrected chi connectivity index (χ2v) is 9.17. The molecule has 0 aliphatic carbocycles. The predicted octanol–water partition coefficient (Wildman–Crippen LogP) is 5.31. The fourth-order valence-corrected chi connectivity index (χ4v) is 4.99. The molecule has 1 aliphatic rings. The fraction of sp³-hybridized carbons (Fsp3) is 0.192. The largest absolute Gasteiger partial charge is 0.445 e. The summed E-state index contributed by atoms with van der Waals surface area (Å²) in [5.74, 6) is -0.267. The van der Waals surface area contributed by atoms with E-state index in [-0.39, 0.29) is 12.5 Å². The lowest BCUT2D eigenvalue weighted by atomic mass is 9.94. The van der Waals surface area contributed by atoms with E-state index < -0.39 is 12.1 Å². The van der Waals surface area contributed by atoms with Gasteiger partial charge in [0.05, 0.1) is 16.8 Å². The van der Waals surface area contributed by atoms with Crippen LogP contribution in [0.1, 0.15) is 22.3 Å². The maximum atomic E-state index is 13.3. The zero-order chi connectivity index (χ0) is 22.8. The lowest BCUT2D eigenvalue weighted by molar-refractivity contribution is -0.121. The van der Waals surface area contributed by atoms with Gasteiger partial charge in [-0.3, -0.25) is 9.69 Å². The summed E-state index contributed by atoms with van der Waals surface area (Å²) in [5, 5.41) is 3.45. The van der Waals surface area contributed by atoms with Gasteiger partial charge in [0.15, 0.2) is 5.13 Å². The third-order valence-electron chi connectivity index (χ3n) is 5.76. The molecule has 0 bridgehead atoms. The van der Waals surface area contributed by atoms with Crippen molar-refractivity contribution in [2.75, 3.05) is 5.32 Å². The number of aromatic nitrogens is 1. The van der Waals surface area contributed by atoms with Crippen molar-refractivity contribution in [2.45, 2.75) is 32.5 Å². The van der Waals surface area contributed by atoms with E-state index in [0.29, 0.717) is 18.1 Å². The summed E-state index contributed by atoms with van der Waals surface area (Å²) in [5.41, 5.74) is 4.96.